The lowest BCUT2D eigenvalue weighted by molar-refractivity contribution is 0.0696. The van der Waals surface area contributed by atoms with Gasteiger partial charge in [0.2, 0.25) is 0 Å². The van der Waals surface area contributed by atoms with Crippen LogP contribution in [0.2, 0.25) is 0 Å². The fourth-order valence-electron chi connectivity index (χ4n) is 1.38. The number of nitrogens with zero attached hydrogens (tertiary/aromatic N) is 1. The number of thiophene rings is 1. The highest BCUT2D eigenvalue weighted by Crippen LogP contribution is 2.15. The number of carbonyl (C=O) groups is 1. The van der Waals surface area contributed by atoms with Crippen molar-refractivity contribution >= 4 is 23.1 Å². The molecule has 2 rings (SSSR count). The van der Waals surface area contributed by atoms with E-state index < -0.39 is 5.97 Å². The van der Waals surface area contributed by atoms with Crippen LogP contribution in [0.4, 0.5) is 5.82 Å². The van der Waals surface area contributed by atoms with Crippen LogP contribution in [0.1, 0.15) is 21.5 Å². The maximum atomic E-state index is 10.6. The molecule has 88 valence electrons. The van der Waals surface area contributed by atoms with Gasteiger partial charge >= 0.3 is 5.97 Å². The Labute approximate surface area is 103 Å². The largest absolute Gasteiger partial charge is 0.478 e. The number of hydrogen-bond acceptors (Lipinski definition) is 4. The normalized spacial score (nSPS) is 10.2. The van der Waals surface area contributed by atoms with E-state index in [0.29, 0.717) is 12.4 Å². The molecule has 0 aromatic carbocycles. The molecular weight excluding hydrogens is 236 g/mol. The fraction of sp³-hybridized carbons (Fsp3) is 0.167. The Kier molecular flexibility index (Phi) is 3.39. The number of aromatic carboxylic acids is 1. The lowest BCUT2D eigenvalue weighted by Gasteiger charge is -2.05. The van der Waals surface area contributed by atoms with Crippen LogP contribution in [0.5, 0.6) is 0 Å². The van der Waals surface area contributed by atoms with Gasteiger partial charge in [-0.05, 0) is 40.9 Å². The van der Waals surface area contributed by atoms with Crippen LogP contribution >= 0.6 is 11.3 Å². The molecule has 2 aromatic rings. The summed E-state index contributed by atoms with van der Waals surface area (Å²) in [6, 6.07) is 3.21. The van der Waals surface area contributed by atoms with Crippen molar-refractivity contribution in [2.75, 3.05) is 5.32 Å². The van der Waals surface area contributed by atoms with Gasteiger partial charge in [0.25, 0.3) is 0 Å². The highest BCUT2D eigenvalue weighted by molar-refractivity contribution is 7.08. The van der Waals surface area contributed by atoms with E-state index in [-0.39, 0.29) is 5.56 Å². The molecule has 0 amide bonds. The molecule has 0 saturated heterocycles. The van der Waals surface area contributed by atoms with Gasteiger partial charge in [0.05, 0.1) is 5.56 Å². The van der Waals surface area contributed by atoms with E-state index in [1.807, 2.05) is 0 Å². The van der Waals surface area contributed by atoms with E-state index in [1.165, 1.54) is 23.4 Å². The second-order valence-electron chi connectivity index (χ2n) is 3.67. The zero-order chi connectivity index (χ0) is 12.3. The van der Waals surface area contributed by atoms with Crippen LogP contribution in [0.25, 0.3) is 0 Å². The number of hydrogen-bond donors (Lipinski definition) is 2. The summed E-state index contributed by atoms with van der Waals surface area (Å²) in [6.45, 7) is 2.77. The van der Waals surface area contributed by atoms with Gasteiger partial charge in [-0.3, -0.25) is 0 Å². The molecule has 5 heteroatoms. The van der Waals surface area contributed by atoms with Crippen LogP contribution in [0, 0.1) is 6.92 Å². The lowest BCUT2D eigenvalue weighted by Crippen LogP contribution is -2.03. The number of nitrogens with one attached hydrogen (secondary N) is 1. The van der Waals surface area contributed by atoms with E-state index in [9.17, 15) is 4.79 Å². The van der Waals surface area contributed by atoms with Gasteiger partial charge in [0, 0.05) is 12.7 Å². The van der Waals surface area contributed by atoms with Crippen LogP contribution in [-0.2, 0) is 6.54 Å². The summed E-state index contributed by atoms with van der Waals surface area (Å²) in [5.41, 5.74) is 2.69. The predicted molar refractivity (Wildman–Crippen MR) is 67.6 cm³/mol. The molecule has 17 heavy (non-hydrogen) atoms. The topological polar surface area (TPSA) is 62.2 Å². The van der Waals surface area contributed by atoms with Crippen molar-refractivity contribution in [2.24, 2.45) is 0 Å². The Bertz CT molecular complexity index is 520. The molecule has 0 fully saturated rings. The first-order valence-electron chi connectivity index (χ1n) is 5.11. The molecule has 0 unspecified atom stereocenters. The monoisotopic (exact) mass is 248 g/mol. The Hall–Kier alpha value is -1.88. The minimum Gasteiger partial charge on any atom is -0.478 e. The van der Waals surface area contributed by atoms with Gasteiger partial charge in [0.15, 0.2) is 0 Å². The van der Waals surface area contributed by atoms with Crippen molar-refractivity contribution in [1.29, 1.82) is 0 Å². The second-order valence-corrected chi connectivity index (χ2v) is 4.41. The van der Waals surface area contributed by atoms with Crippen LogP contribution in [0.15, 0.2) is 29.1 Å². The molecule has 0 aliphatic carbocycles. The summed E-state index contributed by atoms with van der Waals surface area (Å²) in [5.74, 6) is -0.279. The van der Waals surface area contributed by atoms with Gasteiger partial charge < -0.3 is 10.4 Å². The van der Waals surface area contributed by atoms with E-state index in [2.05, 4.69) is 28.0 Å². The van der Waals surface area contributed by atoms with Crippen LogP contribution < -0.4 is 5.32 Å². The summed E-state index contributed by atoms with van der Waals surface area (Å²) in [4.78, 5) is 14.7. The van der Waals surface area contributed by atoms with Gasteiger partial charge in [-0.1, -0.05) is 0 Å². The smallest absolute Gasteiger partial charge is 0.337 e. The van der Waals surface area contributed by atoms with Crippen molar-refractivity contribution in [1.82, 2.24) is 4.98 Å². The van der Waals surface area contributed by atoms with Crippen molar-refractivity contribution in [3.63, 3.8) is 0 Å². The molecule has 0 aliphatic rings. The first-order chi connectivity index (χ1) is 8.16. The van der Waals surface area contributed by atoms with E-state index >= 15 is 0 Å². The summed E-state index contributed by atoms with van der Waals surface area (Å²) in [6.07, 6.45) is 1.35. The summed E-state index contributed by atoms with van der Waals surface area (Å²) in [7, 11) is 0. The number of aryl methyl sites for hydroxylation is 1. The standard InChI is InChI=1S/C12H12N2O2S/c1-8-6-17-7-10(8)5-14-11-3-2-9(4-13-11)12(15)16/h2-4,6-7H,5H2,1H3,(H,13,14)(H,15,16). The first-order valence-corrected chi connectivity index (χ1v) is 6.06. The molecule has 0 atom stereocenters. The van der Waals surface area contributed by atoms with E-state index in [1.54, 1.807) is 17.4 Å². The summed E-state index contributed by atoms with van der Waals surface area (Å²) in [5, 5.41) is 16.1. The Morgan fingerprint density at radius 1 is 1.47 bits per heavy atom. The zero-order valence-corrected chi connectivity index (χ0v) is 10.1. The van der Waals surface area contributed by atoms with Gasteiger partial charge in [0.1, 0.15) is 5.82 Å². The Balaban J connectivity index is 2.00. The molecule has 0 aliphatic heterocycles. The maximum Gasteiger partial charge on any atom is 0.337 e. The molecule has 2 heterocycles. The van der Waals surface area contributed by atoms with Gasteiger partial charge in [-0.2, -0.15) is 11.3 Å². The van der Waals surface area contributed by atoms with Crippen molar-refractivity contribution in [3.8, 4) is 0 Å². The van der Waals surface area contributed by atoms with Gasteiger partial charge in [-0.15, -0.1) is 0 Å². The van der Waals surface area contributed by atoms with Crippen molar-refractivity contribution in [2.45, 2.75) is 13.5 Å². The number of carboxylic acid groups (broad SMARTS) is 1. The quantitative estimate of drug-likeness (QED) is 0.873. The molecule has 2 N–H and O–H groups in total. The summed E-state index contributed by atoms with van der Waals surface area (Å²) < 4.78 is 0. The third kappa shape index (κ3) is 2.82. The maximum absolute atomic E-state index is 10.6. The van der Waals surface area contributed by atoms with Crippen molar-refractivity contribution < 1.29 is 9.90 Å². The number of aromatic nitrogens is 1. The molecule has 0 spiro atoms. The molecule has 0 bridgehead atoms. The minimum absolute atomic E-state index is 0.197. The highest BCUT2D eigenvalue weighted by Gasteiger charge is 2.03. The second kappa shape index (κ2) is 4.97. The zero-order valence-electron chi connectivity index (χ0n) is 9.30. The SMILES string of the molecule is Cc1cscc1CNc1ccc(C(=O)O)cn1. The minimum atomic E-state index is -0.960. The Morgan fingerprint density at radius 3 is 2.82 bits per heavy atom. The lowest BCUT2D eigenvalue weighted by atomic mass is 10.2. The number of anilines is 1. The fourth-order valence-corrected chi connectivity index (χ4v) is 2.24. The number of carboxylic acids is 1. The van der Waals surface area contributed by atoms with E-state index in [0.717, 1.165) is 0 Å². The molecule has 0 radical (unpaired) electrons. The van der Waals surface area contributed by atoms with Crippen LogP contribution in [0.3, 0.4) is 0 Å². The molecular formula is C12H12N2O2S. The third-order valence-electron chi connectivity index (χ3n) is 2.43. The molecule has 2 aromatic heterocycles. The van der Waals surface area contributed by atoms with Gasteiger partial charge in [-0.25, -0.2) is 9.78 Å². The first kappa shape index (κ1) is 11.6. The average Bonchev–Trinajstić information content (AvgIpc) is 2.73. The highest BCUT2D eigenvalue weighted by atomic mass is 32.1. The summed E-state index contributed by atoms with van der Waals surface area (Å²) >= 11 is 1.67. The Morgan fingerprint density at radius 2 is 2.29 bits per heavy atom. The predicted octanol–water partition coefficient (Wildman–Crippen LogP) is 2.76. The molecule has 0 saturated carbocycles. The number of pyridine rings is 1. The van der Waals surface area contributed by atoms with Crippen molar-refractivity contribution in [3.05, 3.63) is 45.8 Å². The third-order valence-corrected chi connectivity index (χ3v) is 3.34. The molecule has 4 nitrogen and oxygen atoms in total. The van der Waals surface area contributed by atoms with Crippen LogP contribution in [-0.4, -0.2) is 16.1 Å². The number of rotatable bonds is 4. The average molecular weight is 248 g/mol. The van der Waals surface area contributed by atoms with E-state index in [4.69, 9.17) is 5.11 Å².